The van der Waals surface area contributed by atoms with Crippen molar-refractivity contribution >= 4 is 46.5 Å². The molecule has 4 nitrogen and oxygen atoms in total. The van der Waals surface area contributed by atoms with Crippen molar-refractivity contribution in [2.75, 3.05) is 6.61 Å². The molecule has 1 atom stereocenters. The highest BCUT2D eigenvalue weighted by Gasteiger charge is 2.31. The minimum absolute atomic E-state index is 0.300. The SMILES string of the molecule is CCOC(=O)C1=C(C)NC(=S)N[C@@H]1c1ccc(Cl)c(Cl)c1. The van der Waals surface area contributed by atoms with Crippen molar-refractivity contribution in [3.05, 3.63) is 45.1 Å². The Kier molecular flexibility index (Phi) is 5.08. The molecule has 1 aliphatic rings. The molecule has 0 aromatic heterocycles. The monoisotopic (exact) mass is 344 g/mol. The molecule has 0 spiro atoms. The third kappa shape index (κ3) is 3.48. The number of allylic oxidation sites excluding steroid dienone is 1. The van der Waals surface area contributed by atoms with E-state index in [-0.39, 0.29) is 0 Å². The minimum atomic E-state index is -0.424. The number of hydrogen-bond donors (Lipinski definition) is 2. The Morgan fingerprint density at radius 2 is 2.10 bits per heavy atom. The maximum Gasteiger partial charge on any atom is 0.338 e. The van der Waals surface area contributed by atoms with Crippen LogP contribution in [-0.2, 0) is 9.53 Å². The third-order valence-corrected chi connectivity index (χ3v) is 4.00. The molecule has 112 valence electrons. The fraction of sp³-hybridized carbons (Fsp3) is 0.286. The number of nitrogens with one attached hydrogen (secondary N) is 2. The molecule has 1 aromatic rings. The molecule has 0 amide bonds. The quantitative estimate of drug-likeness (QED) is 0.650. The number of ether oxygens (including phenoxy) is 1. The van der Waals surface area contributed by atoms with E-state index in [1.54, 1.807) is 32.0 Å². The van der Waals surface area contributed by atoms with Crippen LogP contribution in [0.3, 0.4) is 0 Å². The van der Waals surface area contributed by atoms with Crippen molar-refractivity contribution in [1.82, 2.24) is 10.6 Å². The topological polar surface area (TPSA) is 50.4 Å². The van der Waals surface area contributed by atoms with Crippen LogP contribution in [0.4, 0.5) is 0 Å². The van der Waals surface area contributed by atoms with Crippen LogP contribution in [0, 0.1) is 0 Å². The summed E-state index contributed by atoms with van der Waals surface area (Å²) in [4.78, 5) is 12.2. The number of benzene rings is 1. The molecule has 0 fully saturated rings. The van der Waals surface area contributed by atoms with Crippen molar-refractivity contribution in [1.29, 1.82) is 0 Å². The van der Waals surface area contributed by atoms with Gasteiger partial charge in [-0.2, -0.15) is 0 Å². The van der Waals surface area contributed by atoms with Crippen LogP contribution in [0.15, 0.2) is 29.5 Å². The van der Waals surface area contributed by atoms with E-state index in [0.717, 1.165) is 5.56 Å². The summed E-state index contributed by atoms with van der Waals surface area (Å²) < 4.78 is 5.11. The molecule has 2 rings (SSSR count). The Bertz CT molecular complexity index is 631. The van der Waals surface area contributed by atoms with Crippen LogP contribution in [-0.4, -0.2) is 17.7 Å². The van der Waals surface area contributed by atoms with E-state index in [1.807, 2.05) is 0 Å². The maximum absolute atomic E-state index is 12.2. The molecular weight excluding hydrogens is 331 g/mol. The highest BCUT2D eigenvalue weighted by atomic mass is 35.5. The van der Waals surface area contributed by atoms with Crippen LogP contribution in [0.2, 0.25) is 10.0 Å². The first-order valence-corrected chi connectivity index (χ1v) is 7.50. The molecule has 2 N–H and O–H groups in total. The number of carbonyl (C=O) groups is 1. The Morgan fingerprint density at radius 3 is 2.71 bits per heavy atom. The van der Waals surface area contributed by atoms with Crippen LogP contribution in [0.1, 0.15) is 25.5 Å². The second-order valence-electron chi connectivity index (χ2n) is 4.46. The van der Waals surface area contributed by atoms with Crippen LogP contribution in [0.5, 0.6) is 0 Å². The number of thiocarbonyl (C=S) groups is 1. The second-order valence-corrected chi connectivity index (χ2v) is 5.69. The molecule has 21 heavy (non-hydrogen) atoms. The lowest BCUT2D eigenvalue weighted by Gasteiger charge is -2.30. The molecule has 1 aromatic carbocycles. The van der Waals surface area contributed by atoms with Gasteiger partial charge in [-0.1, -0.05) is 29.3 Å². The van der Waals surface area contributed by atoms with Gasteiger partial charge < -0.3 is 15.4 Å². The number of hydrogen-bond acceptors (Lipinski definition) is 3. The molecule has 0 saturated carbocycles. The van der Waals surface area contributed by atoms with Gasteiger partial charge in [0.05, 0.1) is 28.3 Å². The summed E-state index contributed by atoms with van der Waals surface area (Å²) in [6.45, 7) is 3.84. The summed E-state index contributed by atoms with van der Waals surface area (Å²) in [5.74, 6) is -0.395. The standard InChI is InChI=1S/C14H14Cl2N2O2S/c1-3-20-13(19)11-7(2)17-14(21)18-12(11)8-4-5-9(15)10(16)6-8/h4-6,12H,3H2,1-2H3,(H2,17,18,21)/t12-/m1/s1. The summed E-state index contributed by atoms with van der Waals surface area (Å²) in [6, 6.07) is 4.77. The number of carbonyl (C=O) groups excluding carboxylic acids is 1. The molecule has 0 aliphatic carbocycles. The number of esters is 1. The zero-order valence-corrected chi connectivity index (χ0v) is 13.8. The molecule has 0 unspecified atom stereocenters. The summed E-state index contributed by atoms with van der Waals surface area (Å²) in [6.07, 6.45) is 0. The van der Waals surface area contributed by atoms with Crippen LogP contribution in [0.25, 0.3) is 0 Å². The lowest BCUT2D eigenvalue weighted by molar-refractivity contribution is -0.139. The van der Waals surface area contributed by atoms with Gasteiger partial charge in [0.15, 0.2) is 5.11 Å². The largest absolute Gasteiger partial charge is 0.463 e. The molecule has 0 saturated heterocycles. The first-order valence-electron chi connectivity index (χ1n) is 6.34. The third-order valence-electron chi connectivity index (χ3n) is 3.04. The molecule has 1 aliphatic heterocycles. The zero-order chi connectivity index (χ0) is 15.6. The Hall–Kier alpha value is -1.30. The van der Waals surface area contributed by atoms with Gasteiger partial charge in [-0.25, -0.2) is 4.79 Å². The minimum Gasteiger partial charge on any atom is -0.463 e. The van der Waals surface area contributed by atoms with Crippen LogP contribution >= 0.6 is 35.4 Å². The van der Waals surface area contributed by atoms with Gasteiger partial charge in [0.2, 0.25) is 0 Å². The lowest BCUT2D eigenvalue weighted by Crippen LogP contribution is -2.45. The lowest BCUT2D eigenvalue weighted by atomic mass is 9.96. The highest BCUT2D eigenvalue weighted by Crippen LogP contribution is 2.31. The molecule has 0 bridgehead atoms. The summed E-state index contributed by atoms with van der Waals surface area (Å²) in [7, 11) is 0. The highest BCUT2D eigenvalue weighted by molar-refractivity contribution is 7.80. The van der Waals surface area contributed by atoms with Gasteiger partial charge in [-0.15, -0.1) is 0 Å². The van der Waals surface area contributed by atoms with Gasteiger partial charge in [0, 0.05) is 5.70 Å². The first kappa shape index (κ1) is 16.1. The van der Waals surface area contributed by atoms with E-state index < -0.39 is 12.0 Å². The predicted octanol–water partition coefficient (Wildman–Crippen LogP) is 3.35. The van der Waals surface area contributed by atoms with Gasteiger partial charge in [-0.3, -0.25) is 0 Å². The molecule has 0 radical (unpaired) electrons. The van der Waals surface area contributed by atoms with E-state index >= 15 is 0 Å². The Balaban J connectivity index is 2.46. The van der Waals surface area contributed by atoms with Gasteiger partial charge in [-0.05, 0) is 43.8 Å². The van der Waals surface area contributed by atoms with E-state index in [2.05, 4.69) is 10.6 Å². The van der Waals surface area contributed by atoms with Gasteiger partial charge >= 0.3 is 5.97 Å². The zero-order valence-electron chi connectivity index (χ0n) is 11.5. The second kappa shape index (κ2) is 6.64. The smallest absolute Gasteiger partial charge is 0.338 e. The van der Waals surface area contributed by atoms with Crippen molar-refractivity contribution in [3.63, 3.8) is 0 Å². The average molecular weight is 345 g/mol. The summed E-state index contributed by atoms with van der Waals surface area (Å²) in [5.41, 5.74) is 1.92. The maximum atomic E-state index is 12.2. The van der Waals surface area contributed by atoms with E-state index in [1.165, 1.54) is 0 Å². The summed E-state index contributed by atoms with van der Waals surface area (Å²) in [5, 5.41) is 7.31. The van der Waals surface area contributed by atoms with Crippen molar-refractivity contribution in [2.45, 2.75) is 19.9 Å². The molecule has 7 heteroatoms. The van der Waals surface area contributed by atoms with Crippen molar-refractivity contribution in [2.24, 2.45) is 0 Å². The Morgan fingerprint density at radius 1 is 1.38 bits per heavy atom. The van der Waals surface area contributed by atoms with Crippen LogP contribution < -0.4 is 10.6 Å². The van der Waals surface area contributed by atoms with Crippen molar-refractivity contribution < 1.29 is 9.53 Å². The number of rotatable bonds is 3. The van der Waals surface area contributed by atoms with E-state index in [0.29, 0.717) is 33.0 Å². The molecule has 1 heterocycles. The van der Waals surface area contributed by atoms with E-state index in [4.69, 9.17) is 40.2 Å². The first-order chi connectivity index (χ1) is 9.93. The van der Waals surface area contributed by atoms with Crippen molar-refractivity contribution in [3.8, 4) is 0 Å². The van der Waals surface area contributed by atoms with Gasteiger partial charge in [0.1, 0.15) is 0 Å². The van der Waals surface area contributed by atoms with E-state index in [9.17, 15) is 4.79 Å². The fourth-order valence-electron chi connectivity index (χ4n) is 2.12. The average Bonchev–Trinajstić information content (AvgIpc) is 2.41. The Labute approximate surface area is 138 Å². The molecular formula is C14H14Cl2N2O2S. The normalized spacial score (nSPS) is 18.1. The fourth-order valence-corrected chi connectivity index (χ4v) is 2.69. The summed E-state index contributed by atoms with van der Waals surface area (Å²) >= 11 is 17.1. The number of halogens is 2. The predicted molar refractivity (Wildman–Crippen MR) is 87.4 cm³/mol. The van der Waals surface area contributed by atoms with Gasteiger partial charge in [0.25, 0.3) is 0 Å².